The molecule has 0 aliphatic heterocycles. The Morgan fingerprint density at radius 1 is 0.958 bits per heavy atom. The molecule has 0 amide bonds. The number of halogens is 8. The van der Waals surface area contributed by atoms with Crippen molar-refractivity contribution < 1.29 is 30.7 Å². The summed E-state index contributed by atoms with van der Waals surface area (Å²) in [4.78, 5) is 0. The normalized spacial score (nSPS) is 19.2. The first-order valence-corrected chi connectivity index (χ1v) is 7.74. The molecule has 0 rings (SSSR count). The molecule has 0 aliphatic rings. The van der Waals surface area contributed by atoms with E-state index in [1.54, 1.807) is 20.8 Å². The van der Waals surface area contributed by atoms with Crippen LogP contribution < -0.4 is 0 Å². The molecule has 0 N–H and O–H groups in total. The van der Waals surface area contributed by atoms with Crippen LogP contribution in [0, 0.1) is 10.8 Å². The molecule has 24 heavy (non-hydrogen) atoms. The van der Waals surface area contributed by atoms with Gasteiger partial charge in [0.25, 0.3) is 11.8 Å². The molecule has 0 aromatic heterocycles. The lowest BCUT2D eigenvalue weighted by Crippen LogP contribution is -2.49. The van der Waals surface area contributed by atoms with Crippen LogP contribution in [0.5, 0.6) is 0 Å². The van der Waals surface area contributed by atoms with Crippen LogP contribution in [-0.2, 0) is 0 Å². The highest BCUT2D eigenvalue weighted by Crippen LogP contribution is 2.48. The Balaban J connectivity index is 5.35. The molecular weight excluding hydrogens is 361 g/mol. The Morgan fingerprint density at radius 2 is 1.38 bits per heavy atom. The van der Waals surface area contributed by atoms with Crippen molar-refractivity contribution in [1.29, 1.82) is 0 Å². The zero-order valence-electron chi connectivity index (χ0n) is 14.6. The first-order valence-electron chi connectivity index (χ1n) is 7.36. The fourth-order valence-corrected chi connectivity index (χ4v) is 2.08. The quantitative estimate of drug-likeness (QED) is 0.335. The van der Waals surface area contributed by atoms with Gasteiger partial charge in [0.1, 0.15) is 5.83 Å². The van der Waals surface area contributed by atoms with E-state index < -0.39 is 52.6 Å². The van der Waals surface area contributed by atoms with Crippen LogP contribution in [0.15, 0.2) is 11.9 Å². The molecule has 2 atom stereocenters. The molecule has 0 saturated carbocycles. The highest BCUT2D eigenvalue weighted by Gasteiger charge is 2.60. The molecule has 0 nitrogen and oxygen atoms in total. The first-order chi connectivity index (χ1) is 10.2. The van der Waals surface area contributed by atoms with Crippen LogP contribution >= 0.6 is 11.6 Å². The molecule has 144 valence electrons. The number of rotatable bonds is 6. The lowest BCUT2D eigenvalue weighted by molar-refractivity contribution is -0.196. The van der Waals surface area contributed by atoms with E-state index in [4.69, 9.17) is 11.6 Å². The van der Waals surface area contributed by atoms with Gasteiger partial charge in [0.05, 0.1) is 12.8 Å². The van der Waals surface area contributed by atoms with Gasteiger partial charge in [-0.3, -0.25) is 0 Å². The monoisotopic (exact) mass is 384 g/mol. The van der Waals surface area contributed by atoms with Crippen LogP contribution in [0.25, 0.3) is 0 Å². The number of alkyl halides is 7. The summed E-state index contributed by atoms with van der Waals surface area (Å²) in [5, 5.41) is -3.84. The van der Waals surface area contributed by atoms with Crippen molar-refractivity contribution in [2.24, 2.45) is 10.8 Å². The fraction of sp³-hybridized carbons (Fsp3) is 0.875. The molecular formula is C16H24ClF7. The van der Waals surface area contributed by atoms with Gasteiger partial charge in [-0.2, -0.15) is 0 Å². The minimum absolute atomic E-state index is 0.759. The van der Waals surface area contributed by atoms with Gasteiger partial charge in [-0.05, 0) is 11.5 Å². The zero-order valence-corrected chi connectivity index (χ0v) is 15.3. The molecule has 0 aromatic carbocycles. The molecule has 0 aliphatic carbocycles. The van der Waals surface area contributed by atoms with Crippen molar-refractivity contribution in [2.75, 3.05) is 0 Å². The third-order valence-corrected chi connectivity index (χ3v) is 3.62. The van der Waals surface area contributed by atoms with Crippen molar-refractivity contribution in [2.45, 2.75) is 77.5 Å². The summed E-state index contributed by atoms with van der Waals surface area (Å²) >= 11 is 5.09. The molecule has 0 radical (unpaired) electrons. The average molecular weight is 385 g/mol. The Labute approximate surface area is 143 Å². The zero-order chi connectivity index (χ0) is 19.8. The predicted octanol–water partition coefficient (Wildman–Crippen LogP) is 7.23. The van der Waals surface area contributed by atoms with Crippen molar-refractivity contribution in [3.8, 4) is 0 Å². The Kier molecular flexibility index (Phi) is 6.91. The lowest BCUT2D eigenvalue weighted by Gasteiger charge is -2.36. The molecule has 0 saturated heterocycles. The van der Waals surface area contributed by atoms with Gasteiger partial charge < -0.3 is 0 Å². The van der Waals surface area contributed by atoms with E-state index in [0.717, 1.165) is 26.8 Å². The second-order valence-electron chi connectivity index (χ2n) is 8.15. The second kappa shape index (κ2) is 7.04. The van der Waals surface area contributed by atoms with E-state index in [-0.39, 0.29) is 0 Å². The van der Waals surface area contributed by atoms with E-state index in [1.807, 2.05) is 0 Å². The molecule has 2 unspecified atom stereocenters. The maximum Gasteiger partial charge on any atom is 0.288 e. The standard InChI is InChI=1S/C16H24ClF7/c1-12(2,3)7-10(18)8-14(17,20)11(19)15(21,22)9-16(23,24)13(4,5)6/h7,11H,8-9H2,1-6H3/b10-7-. The summed E-state index contributed by atoms with van der Waals surface area (Å²) in [6, 6.07) is 0. The summed E-state index contributed by atoms with van der Waals surface area (Å²) in [5.74, 6) is -9.98. The molecule has 8 heteroatoms. The Hall–Kier alpha value is -0.460. The Bertz CT molecular complexity index is 456. The molecule has 0 spiro atoms. The van der Waals surface area contributed by atoms with E-state index in [1.165, 1.54) is 0 Å². The molecule has 0 aromatic rings. The van der Waals surface area contributed by atoms with Crippen LogP contribution in [0.1, 0.15) is 54.4 Å². The second-order valence-corrected chi connectivity index (χ2v) is 8.78. The van der Waals surface area contributed by atoms with Crippen molar-refractivity contribution in [3.05, 3.63) is 11.9 Å². The van der Waals surface area contributed by atoms with Gasteiger partial charge >= 0.3 is 0 Å². The topological polar surface area (TPSA) is 0 Å². The Morgan fingerprint density at radius 3 is 1.71 bits per heavy atom. The summed E-state index contributed by atoms with van der Waals surface area (Å²) in [7, 11) is 0. The van der Waals surface area contributed by atoms with Crippen molar-refractivity contribution >= 4 is 11.6 Å². The van der Waals surface area contributed by atoms with Gasteiger partial charge in [-0.1, -0.05) is 53.1 Å². The van der Waals surface area contributed by atoms with Crippen LogP contribution in [0.4, 0.5) is 30.7 Å². The molecule has 0 bridgehead atoms. The van der Waals surface area contributed by atoms with Crippen LogP contribution in [-0.4, -0.2) is 23.1 Å². The van der Waals surface area contributed by atoms with E-state index >= 15 is 0 Å². The fourth-order valence-electron chi connectivity index (χ4n) is 1.80. The maximum absolute atomic E-state index is 14.1. The van der Waals surface area contributed by atoms with Gasteiger partial charge in [0.2, 0.25) is 11.3 Å². The lowest BCUT2D eigenvalue weighted by atomic mass is 9.83. The van der Waals surface area contributed by atoms with Gasteiger partial charge in [0.15, 0.2) is 0 Å². The largest absolute Gasteiger partial charge is 0.288 e. The van der Waals surface area contributed by atoms with Gasteiger partial charge in [0, 0.05) is 5.41 Å². The summed E-state index contributed by atoms with van der Waals surface area (Å²) in [6.45, 7) is 7.62. The summed E-state index contributed by atoms with van der Waals surface area (Å²) in [6.07, 6.45) is -6.60. The van der Waals surface area contributed by atoms with Gasteiger partial charge in [-0.25, -0.2) is 30.7 Å². The van der Waals surface area contributed by atoms with Crippen LogP contribution in [0.3, 0.4) is 0 Å². The van der Waals surface area contributed by atoms with Gasteiger partial charge in [-0.15, -0.1) is 0 Å². The maximum atomic E-state index is 14.1. The summed E-state index contributed by atoms with van der Waals surface area (Å²) < 4.78 is 96.7. The SMILES string of the molecule is CC(C)(C)/C=C(\F)CC(F)(Cl)C(F)C(F)(F)CC(F)(F)C(C)(C)C. The summed E-state index contributed by atoms with van der Waals surface area (Å²) in [5.41, 5.74) is -2.65. The number of allylic oxidation sites excluding steroid dienone is 2. The highest BCUT2D eigenvalue weighted by molar-refractivity contribution is 6.23. The third kappa shape index (κ3) is 6.81. The van der Waals surface area contributed by atoms with Crippen LogP contribution in [0.2, 0.25) is 0 Å². The average Bonchev–Trinajstić information content (AvgIpc) is 2.20. The minimum atomic E-state index is -4.77. The molecule has 0 fully saturated rings. The van der Waals surface area contributed by atoms with Crippen molar-refractivity contribution in [3.63, 3.8) is 0 Å². The van der Waals surface area contributed by atoms with E-state index in [0.29, 0.717) is 0 Å². The highest BCUT2D eigenvalue weighted by atomic mass is 35.5. The predicted molar refractivity (Wildman–Crippen MR) is 81.8 cm³/mol. The number of hydrogen-bond acceptors (Lipinski definition) is 0. The minimum Gasteiger partial charge on any atom is -0.236 e. The van der Waals surface area contributed by atoms with E-state index in [9.17, 15) is 30.7 Å². The van der Waals surface area contributed by atoms with Crippen molar-refractivity contribution in [1.82, 2.24) is 0 Å². The van der Waals surface area contributed by atoms with E-state index in [2.05, 4.69) is 0 Å². The smallest absolute Gasteiger partial charge is 0.236 e. The first kappa shape index (κ1) is 23.5. The third-order valence-electron chi connectivity index (χ3n) is 3.29. The molecule has 0 heterocycles. The number of hydrogen-bond donors (Lipinski definition) is 0.